The molecule has 1 aromatic heterocycles. The fraction of sp³-hybridized carbons (Fsp3) is 0.389. The van der Waals surface area contributed by atoms with Crippen LogP contribution in [0.4, 0.5) is 5.82 Å². The summed E-state index contributed by atoms with van der Waals surface area (Å²) in [7, 11) is 4.02. The molecule has 0 bridgehead atoms. The molecule has 24 heavy (non-hydrogen) atoms. The van der Waals surface area contributed by atoms with Gasteiger partial charge in [0.05, 0.1) is 12.4 Å². The van der Waals surface area contributed by atoms with Crippen LogP contribution in [0.15, 0.2) is 36.7 Å². The fourth-order valence-electron chi connectivity index (χ4n) is 2.24. The zero-order chi connectivity index (χ0) is 17.4. The average Bonchev–Trinajstić information content (AvgIpc) is 2.57. The van der Waals surface area contributed by atoms with Gasteiger partial charge in [0.2, 0.25) is 0 Å². The van der Waals surface area contributed by atoms with Gasteiger partial charge < -0.3 is 15.5 Å². The second-order valence-electron chi connectivity index (χ2n) is 6.04. The van der Waals surface area contributed by atoms with Gasteiger partial charge in [-0.3, -0.25) is 4.79 Å². The van der Waals surface area contributed by atoms with Gasteiger partial charge in [-0.25, -0.2) is 9.97 Å². The molecule has 6 nitrogen and oxygen atoms in total. The number of carbonyl (C=O) groups is 1. The SMILES string of the molecule is Cc1cccc(CNc2cnc(C(=O)NCCCN(C)C)cn2)c1. The van der Waals surface area contributed by atoms with E-state index in [2.05, 4.69) is 50.6 Å². The Balaban J connectivity index is 1.80. The molecule has 0 atom stereocenters. The van der Waals surface area contributed by atoms with E-state index in [4.69, 9.17) is 0 Å². The van der Waals surface area contributed by atoms with E-state index in [0.717, 1.165) is 13.0 Å². The van der Waals surface area contributed by atoms with Crippen molar-refractivity contribution in [3.8, 4) is 0 Å². The van der Waals surface area contributed by atoms with Crippen molar-refractivity contribution in [2.45, 2.75) is 19.9 Å². The van der Waals surface area contributed by atoms with Gasteiger partial charge in [-0.2, -0.15) is 0 Å². The maximum absolute atomic E-state index is 12.0. The predicted molar refractivity (Wildman–Crippen MR) is 96.0 cm³/mol. The molecule has 0 fully saturated rings. The number of anilines is 1. The Morgan fingerprint density at radius 1 is 1.21 bits per heavy atom. The molecule has 1 amide bonds. The number of carbonyl (C=O) groups excluding carboxylic acids is 1. The van der Waals surface area contributed by atoms with Crippen LogP contribution in [0.25, 0.3) is 0 Å². The van der Waals surface area contributed by atoms with Crippen LogP contribution in [0.2, 0.25) is 0 Å². The van der Waals surface area contributed by atoms with Crippen molar-refractivity contribution in [1.29, 1.82) is 0 Å². The van der Waals surface area contributed by atoms with E-state index in [1.807, 2.05) is 20.2 Å². The highest BCUT2D eigenvalue weighted by Gasteiger charge is 2.07. The highest BCUT2D eigenvalue weighted by molar-refractivity contribution is 5.91. The Labute approximate surface area is 143 Å². The zero-order valence-corrected chi connectivity index (χ0v) is 14.5. The molecule has 1 heterocycles. The van der Waals surface area contributed by atoms with Crippen molar-refractivity contribution in [1.82, 2.24) is 20.2 Å². The molecule has 0 spiro atoms. The maximum Gasteiger partial charge on any atom is 0.271 e. The summed E-state index contributed by atoms with van der Waals surface area (Å²) in [4.78, 5) is 22.5. The van der Waals surface area contributed by atoms with Crippen molar-refractivity contribution in [2.24, 2.45) is 0 Å². The van der Waals surface area contributed by atoms with Crippen LogP contribution >= 0.6 is 0 Å². The van der Waals surface area contributed by atoms with E-state index in [1.165, 1.54) is 17.3 Å². The third-order valence-electron chi connectivity index (χ3n) is 3.51. The summed E-state index contributed by atoms with van der Waals surface area (Å²) in [5, 5.41) is 6.06. The molecule has 0 aliphatic heterocycles. The average molecular weight is 327 g/mol. The van der Waals surface area contributed by atoms with Crippen molar-refractivity contribution < 1.29 is 4.79 Å². The van der Waals surface area contributed by atoms with Crippen molar-refractivity contribution in [3.63, 3.8) is 0 Å². The molecule has 1 aromatic carbocycles. The third-order valence-corrected chi connectivity index (χ3v) is 3.51. The number of hydrogen-bond donors (Lipinski definition) is 2. The molecule has 2 N–H and O–H groups in total. The van der Waals surface area contributed by atoms with Crippen LogP contribution in [-0.2, 0) is 6.54 Å². The monoisotopic (exact) mass is 327 g/mol. The quantitative estimate of drug-likeness (QED) is 0.727. The van der Waals surface area contributed by atoms with Gasteiger partial charge in [0.1, 0.15) is 11.5 Å². The van der Waals surface area contributed by atoms with Crippen molar-refractivity contribution in [3.05, 3.63) is 53.5 Å². The lowest BCUT2D eigenvalue weighted by molar-refractivity contribution is 0.0947. The molecule has 0 radical (unpaired) electrons. The molecular weight excluding hydrogens is 302 g/mol. The Morgan fingerprint density at radius 2 is 2.04 bits per heavy atom. The lowest BCUT2D eigenvalue weighted by Crippen LogP contribution is -2.27. The van der Waals surface area contributed by atoms with E-state index in [0.29, 0.717) is 24.6 Å². The minimum absolute atomic E-state index is 0.188. The number of aromatic nitrogens is 2. The standard InChI is InChI=1S/C18H25N5O/c1-14-6-4-7-15(10-14)11-21-17-13-20-16(12-22-17)18(24)19-8-5-9-23(2)3/h4,6-7,10,12-13H,5,8-9,11H2,1-3H3,(H,19,24)(H,21,22). The van der Waals surface area contributed by atoms with Gasteiger partial charge in [-0.1, -0.05) is 29.8 Å². The van der Waals surface area contributed by atoms with Crippen molar-refractivity contribution >= 4 is 11.7 Å². The summed E-state index contributed by atoms with van der Waals surface area (Å²) in [6.07, 6.45) is 3.99. The Hall–Kier alpha value is -2.47. The van der Waals surface area contributed by atoms with E-state index in [9.17, 15) is 4.79 Å². The minimum Gasteiger partial charge on any atom is -0.365 e. The van der Waals surface area contributed by atoms with Crippen LogP contribution in [0.5, 0.6) is 0 Å². The molecule has 0 saturated heterocycles. The Bertz CT molecular complexity index is 655. The second-order valence-corrected chi connectivity index (χ2v) is 6.04. The van der Waals surface area contributed by atoms with Crippen LogP contribution in [0, 0.1) is 6.92 Å². The van der Waals surface area contributed by atoms with Gasteiger partial charge in [-0.15, -0.1) is 0 Å². The number of rotatable bonds is 8. The van der Waals surface area contributed by atoms with Gasteiger partial charge in [0.15, 0.2) is 0 Å². The number of amides is 1. The van der Waals surface area contributed by atoms with Crippen LogP contribution < -0.4 is 10.6 Å². The molecule has 2 aromatic rings. The van der Waals surface area contributed by atoms with Gasteiger partial charge in [0, 0.05) is 13.1 Å². The van der Waals surface area contributed by atoms with E-state index in [1.54, 1.807) is 6.20 Å². The lowest BCUT2D eigenvalue weighted by atomic mass is 10.1. The molecule has 0 saturated carbocycles. The summed E-state index contributed by atoms with van der Waals surface area (Å²) in [5.74, 6) is 0.465. The number of nitrogens with zero attached hydrogens (tertiary/aromatic N) is 3. The number of nitrogens with one attached hydrogen (secondary N) is 2. The molecule has 0 aliphatic rings. The van der Waals surface area contributed by atoms with E-state index < -0.39 is 0 Å². The van der Waals surface area contributed by atoms with Gasteiger partial charge in [0.25, 0.3) is 5.91 Å². The molecule has 128 valence electrons. The zero-order valence-electron chi connectivity index (χ0n) is 14.5. The largest absolute Gasteiger partial charge is 0.365 e. The van der Waals surface area contributed by atoms with Crippen LogP contribution in [0.3, 0.4) is 0 Å². The Morgan fingerprint density at radius 3 is 2.71 bits per heavy atom. The normalized spacial score (nSPS) is 10.7. The molecule has 2 rings (SSSR count). The lowest BCUT2D eigenvalue weighted by Gasteiger charge is -2.10. The highest BCUT2D eigenvalue weighted by Crippen LogP contribution is 2.07. The van der Waals surface area contributed by atoms with Gasteiger partial charge >= 0.3 is 0 Å². The topological polar surface area (TPSA) is 70.2 Å². The minimum atomic E-state index is -0.188. The second kappa shape index (κ2) is 8.98. The summed E-state index contributed by atoms with van der Waals surface area (Å²) >= 11 is 0. The summed E-state index contributed by atoms with van der Waals surface area (Å²) < 4.78 is 0. The highest BCUT2D eigenvalue weighted by atomic mass is 16.1. The first-order chi connectivity index (χ1) is 11.5. The molecule has 6 heteroatoms. The number of hydrogen-bond acceptors (Lipinski definition) is 5. The van der Waals surface area contributed by atoms with E-state index >= 15 is 0 Å². The molecular formula is C18H25N5O. The summed E-state index contributed by atoms with van der Waals surface area (Å²) in [6.45, 7) is 4.31. The predicted octanol–water partition coefficient (Wildman–Crippen LogP) is 2.08. The third kappa shape index (κ3) is 5.96. The molecule has 0 unspecified atom stereocenters. The first-order valence-electron chi connectivity index (χ1n) is 8.09. The smallest absolute Gasteiger partial charge is 0.271 e. The first kappa shape index (κ1) is 17.9. The van der Waals surface area contributed by atoms with Gasteiger partial charge in [-0.05, 0) is 39.5 Å². The maximum atomic E-state index is 12.0. The summed E-state index contributed by atoms with van der Waals surface area (Å²) in [6, 6.07) is 8.27. The van der Waals surface area contributed by atoms with E-state index in [-0.39, 0.29) is 5.91 Å². The first-order valence-corrected chi connectivity index (χ1v) is 8.09. The van der Waals surface area contributed by atoms with Crippen LogP contribution in [0.1, 0.15) is 28.0 Å². The number of benzene rings is 1. The fourth-order valence-corrected chi connectivity index (χ4v) is 2.24. The Kier molecular flexibility index (Phi) is 6.69. The molecule has 0 aliphatic carbocycles. The summed E-state index contributed by atoms with van der Waals surface area (Å²) in [5.41, 5.74) is 2.74. The number of aryl methyl sites for hydroxylation is 1. The van der Waals surface area contributed by atoms with Crippen LogP contribution in [-0.4, -0.2) is 48.0 Å². The van der Waals surface area contributed by atoms with Crippen molar-refractivity contribution in [2.75, 3.05) is 32.5 Å².